The number of nitro benzene ring substituents is 1. The molecule has 0 radical (unpaired) electrons. The van der Waals surface area contributed by atoms with Crippen LogP contribution in [0.3, 0.4) is 0 Å². The minimum atomic E-state index is -3.75. The molecule has 1 aliphatic heterocycles. The topological polar surface area (TPSA) is 80.5 Å². The van der Waals surface area contributed by atoms with Crippen LogP contribution in [0.1, 0.15) is 22.1 Å². The van der Waals surface area contributed by atoms with E-state index < -0.39 is 14.9 Å². The quantitative estimate of drug-likeness (QED) is 0.577. The summed E-state index contributed by atoms with van der Waals surface area (Å²) in [5.74, 6) is 0.704. The number of aryl methyl sites for hydroxylation is 1. The lowest BCUT2D eigenvalue weighted by atomic mass is 10.2. The van der Waals surface area contributed by atoms with E-state index >= 15 is 0 Å². The number of nitrogens with zero attached hydrogens (tertiary/aromatic N) is 2. The monoisotopic (exact) mass is 398 g/mol. The number of sulfonamides is 1. The Kier molecular flexibility index (Phi) is 5.47. The molecule has 1 atom stereocenters. The van der Waals surface area contributed by atoms with Crippen molar-refractivity contribution in [2.45, 2.75) is 23.5 Å². The summed E-state index contributed by atoms with van der Waals surface area (Å²) in [7, 11) is -3.75. The first kappa shape index (κ1) is 18.4. The summed E-state index contributed by atoms with van der Waals surface area (Å²) in [6.45, 7) is 2.49. The predicted molar refractivity (Wildman–Crippen MR) is 101 cm³/mol. The third kappa shape index (κ3) is 3.89. The molecule has 0 bridgehead atoms. The van der Waals surface area contributed by atoms with Gasteiger partial charge >= 0.3 is 0 Å². The van der Waals surface area contributed by atoms with Gasteiger partial charge in [-0.3, -0.25) is 10.1 Å². The molecule has 0 spiro atoms. The molecular formula is C16H18N2O4S3. The molecule has 3 rings (SSSR count). The SMILES string of the molecule is Cc1ccc([N+](=O)[O-])cc1S(=O)(=O)N1CCSC(c2cccs2)CC1. The Labute approximate surface area is 155 Å². The van der Waals surface area contributed by atoms with Crippen molar-refractivity contribution in [1.82, 2.24) is 4.31 Å². The fraction of sp³-hybridized carbons (Fsp3) is 0.375. The van der Waals surface area contributed by atoms with E-state index in [1.165, 1.54) is 27.4 Å². The van der Waals surface area contributed by atoms with Gasteiger partial charge in [-0.2, -0.15) is 16.1 Å². The third-order valence-corrected chi connectivity index (χ3v) is 8.65. The molecule has 2 aromatic rings. The first-order valence-corrected chi connectivity index (χ1v) is 11.2. The maximum Gasteiger partial charge on any atom is 0.270 e. The van der Waals surface area contributed by atoms with Crippen LogP contribution in [-0.2, 0) is 10.0 Å². The predicted octanol–water partition coefficient (Wildman–Crippen LogP) is 3.83. The Morgan fingerprint density at radius 3 is 2.76 bits per heavy atom. The average molecular weight is 399 g/mol. The van der Waals surface area contributed by atoms with Crippen molar-refractivity contribution in [2.75, 3.05) is 18.8 Å². The lowest BCUT2D eigenvalue weighted by molar-refractivity contribution is -0.385. The molecule has 0 aliphatic carbocycles. The molecule has 1 aromatic heterocycles. The van der Waals surface area contributed by atoms with E-state index in [4.69, 9.17) is 0 Å². The molecule has 2 heterocycles. The minimum Gasteiger partial charge on any atom is -0.258 e. The molecule has 1 aliphatic rings. The van der Waals surface area contributed by atoms with Crippen molar-refractivity contribution in [3.8, 4) is 0 Å². The number of thioether (sulfide) groups is 1. The van der Waals surface area contributed by atoms with E-state index in [2.05, 4.69) is 6.07 Å². The Balaban J connectivity index is 1.85. The summed E-state index contributed by atoms with van der Waals surface area (Å²) in [6, 6.07) is 8.08. The van der Waals surface area contributed by atoms with Gasteiger partial charge in [-0.05, 0) is 30.4 Å². The molecule has 1 aromatic carbocycles. The van der Waals surface area contributed by atoms with Gasteiger partial charge in [0, 0.05) is 41.1 Å². The Hall–Kier alpha value is -1.42. The first-order valence-electron chi connectivity index (χ1n) is 7.80. The molecule has 1 unspecified atom stereocenters. The molecule has 134 valence electrons. The Morgan fingerprint density at radius 1 is 1.28 bits per heavy atom. The molecule has 1 fully saturated rings. The van der Waals surface area contributed by atoms with E-state index in [0.717, 1.165) is 6.42 Å². The second-order valence-electron chi connectivity index (χ2n) is 5.77. The van der Waals surface area contributed by atoms with Crippen LogP contribution in [0.4, 0.5) is 5.69 Å². The second kappa shape index (κ2) is 7.45. The number of non-ortho nitro benzene ring substituents is 1. The summed E-state index contributed by atoms with van der Waals surface area (Å²) in [5, 5.41) is 13.3. The number of hydrogen-bond donors (Lipinski definition) is 0. The van der Waals surface area contributed by atoms with Crippen molar-refractivity contribution in [3.05, 3.63) is 56.3 Å². The van der Waals surface area contributed by atoms with Gasteiger partial charge in [-0.25, -0.2) is 8.42 Å². The van der Waals surface area contributed by atoms with Gasteiger partial charge in [0.05, 0.1) is 9.82 Å². The highest BCUT2D eigenvalue weighted by molar-refractivity contribution is 7.99. The van der Waals surface area contributed by atoms with E-state index in [-0.39, 0.29) is 10.6 Å². The standard InChI is InChI=1S/C16H18N2O4S3/c1-12-4-5-13(18(19)20)11-16(12)25(21,22)17-7-6-15(24-10-8-17)14-3-2-9-23-14/h2-5,9,11,15H,6-8,10H2,1H3. The molecule has 9 heteroatoms. The van der Waals surface area contributed by atoms with Crippen LogP contribution in [-0.4, -0.2) is 36.5 Å². The van der Waals surface area contributed by atoms with Crippen molar-refractivity contribution >= 4 is 38.8 Å². The largest absolute Gasteiger partial charge is 0.270 e. The van der Waals surface area contributed by atoms with E-state index in [1.807, 2.05) is 11.4 Å². The highest BCUT2D eigenvalue weighted by Gasteiger charge is 2.30. The molecule has 1 saturated heterocycles. The fourth-order valence-electron chi connectivity index (χ4n) is 2.81. The zero-order valence-corrected chi connectivity index (χ0v) is 16.1. The molecular weight excluding hydrogens is 380 g/mol. The van der Waals surface area contributed by atoms with E-state index in [9.17, 15) is 18.5 Å². The zero-order valence-electron chi connectivity index (χ0n) is 13.6. The maximum atomic E-state index is 13.0. The van der Waals surface area contributed by atoms with Crippen LogP contribution in [0.15, 0.2) is 40.6 Å². The molecule has 0 N–H and O–H groups in total. The molecule has 6 nitrogen and oxygen atoms in total. The summed E-state index contributed by atoms with van der Waals surface area (Å²) in [6.07, 6.45) is 0.735. The van der Waals surface area contributed by atoms with Gasteiger partial charge < -0.3 is 0 Å². The zero-order chi connectivity index (χ0) is 18.0. The normalized spacial score (nSPS) is 19.5. The highest BCUT2D eigenvalue weighted by atomic mass is 32.2. The van der Waals surface area contributed by atoms with Gasteiger partial charge in [0.2, 0.25) is 10.0 Å². The van der Waals surface area contributed by atoms with Gasteiger partial charge in [0.25, 0.3) is 5.69 Å². The number of thiophene rings is 1. The van der Waals surface area contributed by atoms with Crippen molar-refractivity contribution in [3.63, 3.8) is 0 Å². The molecule has 0 saturated carbocycles. The van der Waals surface area contributed by atoms with Crippen LogP contribution < -0.4 is 0 Å². The van der Waals surface area contributed by atoms with Crippen molar-refractivity contribution in [2.24, 2.45) is 0 Å². The third-order valence-electron chi connectivity index (χ3n) is 4.16. The number of rotatable bonds is 4. The van der Waals surface area contributed by atoms with E-state index in [0.29, 0.717) is 29.7 Å². The summed E-state index contributed by atoms with van der Waals surface area (Å²) in [5.41, 5.74) is 0.321. The Morgan fingerprint density at radius 2 is 2.08 bits per heavy atom. The Bertz CT molecular complexity index is 866. The van der Waals surface area contributed by atoms with Gasteiger partial charge in [-0.1, -0.05) is 12.1 Å². The van der Waals surface area contributed by atoms with Crippen molar-refractivity contribution < 1.29 is 13.3 Å². The number of hydrogen-bond acceptors (Lipinski definition) is 6. The number of nitro groups is 1. The van der Waals surface area contributed by atoms with Gasteiger partial charge in [-0.15, -0.1) is 11.3 Å². The van der Waals surface area contributed by atoms with E-state index in [1.54, 1.807) is 30.0 Å². The number of benzene rings is 1. The smallest absolute Gasteiger partial charge is 0.258 e. The summed E-state index contributed by atoms with van der Waals surface area (Å²) >= 11 is 3.45. The van der Waals surface area contributed by atoms with Crippen molar-refractivity contribution in [1.29, 1.82) is 0 Å². The van der Waals surface area contributed by atoms with Crippen LogP contribution in [0, 0.1) is 17.0 Å². The minimum absolute atomic E-state index is 0.0290. The fourth-order valence-corrected chi connectivity index (χ4v) is 6.86. The van der Waals surface area contributed by atoms with Crippen LogP contribution in [0.2, 0.25) is 0 Å². The summed E-state index contributed by atoms with van der Waals surface area (Å²) < 4.78 is 27.5. The lowest BCUT2D eigenvalue weighted by Crippen LogP contribution is -2.33. The summed E-state index contributed by atoms with van der Waals surface area (Å²) in [4.78, 5) is 11.7. The van der Waals surface area contributed by atoms with Gasteiger partial charge in [0.15, 0.2) is 0 Å². The average Bonchev–Trinajstić information content (AvgIpc) is 2.98. The first-order chi connectivity index (χ1) is 11.9. The van der Waals surface area contributed by atoms with Gasteiger partial charge in [0.1, 0.15) is 0 Å². The molecule has 0 amide bonds. The molecule has 25 heavy (non-hydrogen) atoms. The second-order valence-corrected chi connectivity index (χ2v) is 9.97. The lowest BCUT2D eigenvalue weighted by Gasteiger charge is -2.21. The highest BCUT2D eigenvalue weighted by Crippen LogP contribution is 2.38. The maximum absolute atomic E-state index is 13.0. The van der Waals surface area contributed by atoms with Crippen LogP contribution in [0.5, 0.6) is 0 Å². The van der Waals surface area contributed by atoms with Crippen LogP contribution in [0.25, 0.3) is 0 Å². The van der Waals surface area contributed by atoms with Crippen LogP contribution >= 0.6 is 23.1 Å².